The van der Waals surface area contributed by atoms with Crippen molar-refractivity contribution < 1.29 is 22.9 Å². The monoisotopic (exact) mass is 393 g/mol. The molecule has 0 unspecified atom stereocenters. The standard InChI is InChI=1S/C17H19N3O6S/c1-13-3-9-16(10-4-13)27(24,25)18-11-2-12-26-17(21)19-14-5-7-15(8-6-14)20(22)23/h3-10,18H,2,11-12H2,1H3,(H,19,21). The lowest BCUT2D eigenvalue weighted by Crippen LogP contribution is -2.26. The third-order valence-electron chi connectivity index (χ3n) is 3.50. The van der Waals surface area contributed by atoms with Crippen LogP contribution in [0.25, 0.3) is 0 Å². The summed E-state index contributed by atoms with van der Waals surface area (Å²) < 4.78 is 31.5. The number of amides is 1. The predicted octanol–water partition coefficient (Wildman–Crippen LogP) is 2.82. The van der Waals surface area contributed by atoms with E-state index < -0.39 is 21.0 Å². The minimum atomic E-state index is -3.60. The molecule has 2 aromatic rings. The van der Waals surface area contributed by atoms with Crippen LogP contribution in [0.15, 0.2) is 53.4 Å². The van der Waals surface area contributed by atoms with Crippen LogP contribution in [-0.4, -0.2) is 32.6 Å². The number of nitro benzene ring substituents is 1. The Morgan fingerprint density at radius 1 is 1.11 bits per heavy atom. The Hall–Kier alpha value is -2.98. The van der Waals surface area contributed by atoms with Crippen LogP contribution in [0, 0.1) is 17.0 Å². The number of nitrogens with zero attached hydrogens (tertiary/aromatic N) is 1. The smallest absolute Gasteiger partial charge is 0.411 e. The van der Waals surface area contributed by atoms with Crippen molar-refractivity contribution in [2.75, 3.05) is 18.5 Å². The van der Waals surface area contributed by atoms with Crippen LogP contribution in [0.2, 0.25) is 0 Å². The molecule has 9 nitrogen and oxygen atoms in total. The summed E-state index contributed by atoms with van der Waals surface area (Å²) in [5.74, 6) is 0. The van der Waals surface area contributed by atoms with Gasteiger partial charge in [0.25, 0.3) is 5.69 Å². The van der Waals surface area contributed by atoms with E-state index >= 15 is 0 Å². The van der Waals surface area contributed by atoms with Crippen LogP contribution < -0.4 is 10.0 Å². The van der Waals surface area contributed by atoms with E-state index in [1.807, 2.05) is 6.92 Å². The number of benzene rings is 2. The summed E-state index contributed by atoms with van der Waals surface area (Å²) in [5.41, 5.74) is 1.22. The Kier molecular flexibility index (Phi) is 6.85. The highest BCUT2D eigenvalue weighted by molar-refractivity contribution is 7.89. The molecule has 0 saturated heterocycles. The Labute approximate surface area is 156 Å². The van der Waals surface area contributed by atoms with Crippen LogP contribution in [-0.2, 0) is 14.8 Å². The van der Waals surface area contributed by atoms with Gasteiger partial charge < -0.3 is 4.74 Å². The van der Waals surface area contributed by atoms with E-state index in [0.717, 1.165) is 5.56 Å². The van der Waals surface area contributed by atoms with E-state index in [9.17, 15) is 23.3 Å². The van der Waals surface area contributed by atoms with Crippen LogP contribution in [0.4, 0.5) is 16.2 Å². The fourth-order valence-corrected chi connectivity index (χ4v) is 3.14. The number of rotatable bonds is 8. The molecule has 1 amide bonds. The first kappa shape index (κ1) is 20.3. The molecule has 10 heteroatoms. The van der Waals surface area contributed by atoms with Gasteiger partial charge in [0.05, 0.1) is 16.4 Å². The third kappa shape index (κ3) is 6.35. The van der Waals surface area contributed by atoms with Crippen molar-refractivity contribution in [2.45, 2.75) is 18.2 Å². The maximum Gasteiger partial charge on any atom is 0.411 e. The molecular formula is C17H19N3O6S. The molecule has 0 fully saturated rings. The van der Waals surface area contributed by atoms with Gasteiger partial charge >= 0.3 is 6.09 Å². The summed E-state index contributed by atoms with van der Waals surface area (Å²) in [4.78, 5) is 21.8. The largest absolute Gasteiger partial charge is 0.449 e. The second-order valence-electron chi connectivity index (χ2n) is 5.63. The summed E-state index contributed by atoms with van der Waals surface area (Å²) in [5, 5.41) is 13.0. The van der Waals surface area contributed by atoms with Crippen LogP contribution in [0.5, 0.6) is 0 Å². The Bertz CT molecular complexity index is 895. The van der Waals surface area contributed by atoms with E-state index in [0.29, 0.717) is 12.1 Å². The van der Waals surface area contributed by atoms with Crippen LogP contribution in [0.3, 0.4) is 0 Å². The quantitative estimate of drug-likeness (QED) is 0.403. The van der Waals surface area contributed by atoms with Crippen molar-refractivity contribution in [3.8, 4) is 0 Å². The number of carbonyl (C=O) groups is 1. The molecule has 0 radical (unpaired) electrons. The lowest BCUT2D eigenvalue weighted by Gasteiger charge is -2.08. The van der Waals surface area contributed by atoms with Crippen LogP contribution in [0.1, 0.15) is 12.0 Å². The van der Waals surface area contributed by atoms with Gasteiger partial charge in [0.1, 0.15) is 0 Å². The molecule has 2 aromatic carbocycles. The first-order valence-corrected chi connectivity index (χ1v) is 9.51. The number of nitro groups is 1. The first-order valence-electron chi connectivity index (χ1n) is 8.02. The van der Waals surface area contributed by atoms with Crippen molar-refractivity contribution in [2.24, 2.45) is 0 Å². The molecule has 0 aliphatic carbocycles. The van der Waals surface area contributed by atoms with Gasteiger partial charge in [0.2, 0.25) is 10.0 Å². The molecule has 27 heavy (non-hydrogen) atoms. The van der Waals surface area contributed by atoms with Crippen molar-refractivity contribution in [3.63, 3.8) is 0 Å². The minimum Gasteiger partial charge on any atom is -0.449 e. The van der Waals surface area contributed by atoms with Crippen LogP contribution >= 0.6 is 0 Å². The molecule has 2 rings (SSSR count). The zero-order valence-corrected chi connectivity index (χ0v) is 15.4. The van der Waals surface area contributed by atoms with Gasteiger partial charge in [0.15, 0.2) is 0 Å². The fraction of sp³-hybridized carbons (Fsp3) is 0.235. The average molecular weight is 393 g/mol. The van der Waals surface area contributed by atoms with E-state index in [1.165, 1.54) is 36.4 Å². The van der Waals surface area contributed by atoms with Gasteiger partial charge in [0, 0.05) is 24.4 Å². The molecule has 144 valence electrons. The maximum absolute atomic E-state index is 12.1. The molecule has 0 aliphatic heterocycles. The third-order valence-corrected chi connectivity index (χ3v) is 4.98. The summed E-state index contributed by atoms with van der Waals surface area (Å²) >= 11 is 0. The summed E-state index contributed by atoms with van der Waals surface area (Å²) in [6.07, 6.45) is -0.441. The molecular weight excluding hydrogens is 374 g/mol. The summed E-state index contributed by atoms with van der Waals surface area (Å²) in [7, 11) is -3.60. The number of hydrogen-bond acceptors (Lipinski definition) is 6. The van der Waals surface area contributed by atoms with Gasteiger partial charge in [-0.2, -0.15) is 0 Å². The maximum atomic E-state index is 12.1. The topological polar surface area (TPSA) is 128 Å². The SMILES string of the molecule is Cc1ccc(S(=O)(=O)NCCCOC(=O)Nc2ccc([N+](=O)[O-])cc2)cc1. The Morgan fingerprint density at radius 3 is 2.33 bits per heavy atom. The lowest BCUT2D eigenvalue weighted by molar-refractivity contribution is -0.384. The minimum absolute atomic E-state index is 0.00916. The first-order chi connectivity index (χ1) is 12.8. The number of hydrogen-bond donors (Lipinski definition) is 2. The van der Waals surface area contributed by atoms with E-state index in [1.54, 1.807) is 12.1 Å². The number of ether oxygens (including phenoxy) is 1. The van der Waals surface area contributed by atoms with Gasteiger partial charge in [-0.05, 0) is 37.6 Å². The highest BCUT2D eigenvalue weighted by atomic mass is 32.2. The van der Waals surface area contributed by atoms with Crippen molar-refractivity contribution in [1.82, 2.24) is 4.72 Å². The van der Waals surface area contributed by atoms with Crippen molar-refractivity contribution in [3.05, 3.63) is 64.2 Å². The van der Waals surface area contributed by atoms with E-state index in [-0.39, 0.29) is 23.7 Å². The highest BCUT2D eigenvalue weighted by Gasteiger charge is 2.13. The number of aryl methyl sites for hydroxylation is 1. The number of anilines is 1. The van der Waals surface area contributed by atoms with Gasteiger partial charge in [-0.15, -0.1) is 0 Å². The highest BCUT2D eigenvalue weighted by Crippen LogP contribution is 2.15. The fourth-order valence-electron chi connectivity index (χ4n) is 2.06. The van der Waals surface area contributed by atoms with Crippen molar-refractivity contribution in [1.29, 1.82) is 0 Å². The molecule has 2 N–H and O–H groups in total. The number of nitrogens with one attached hydrogen (secondary N) is 2. The van der Waals surface area contributed by atoms with Gasteiger partial charge in [-0.1, -0.05) is 17.7 Å². The number of carbonyl (C=O) groups excluding carboxylic acids is 1. The average Bonchev–Trinajstić information content (AvgIpc) is 2.62. The summed E-state index contributed by atoms with van der Waals surface area (Å²) in [6, 6.07) is 11.7. The van der Waals surface area contributed by atoms with E-state index in [2.05, 4.69) is 10.0 Å². The normalized spacial score (nSPS) is 11.0. The molecule has 0 saturated carbocycles. The Balaban J connectivity index is 1.70. The number of sulfonamides is 1. The molecule has 0 aliphatic rings. The van der Waals surface area contributed by atoms with E-state index in [4.69, 9.17) is 4.74 Å². The van der Waals surface area contributed by atoms with Gasteiger partial charge in [-0.3, -0.25) is 15.4 Å². The van der Waals surface area contributed by atoms with Crippen molar-refractivity contribution >= 4 is 27.5 Å². The second kappa shape index (κ2) is 9.10. The lowest BCUT2D eigenvalue weighted by atomic mass is 10.2. The predicted molar refractivity (Wildman–Crippen MR) is 99.1 cm³/mol. The molecule has 0 heterocycles. The second-order valence-corrected chi connectivity index (χ2v) is 7.40. The molecule has 0 aromatic heterocycles. The molecule has 0 bridgehead atoms. The molecule has 0 spiro atoms. The zero-order chi connectivity index (χ0) is 19.9. The molecule has 0 atom stereocenters. The summed E-state index contributed by atoms with van der Waals surface area (Å²) in [6.45, 7) is 1.99. The van der Waals surface area contributed by atoms with Gasteiger partial charge in [-0.25, -0.2) is 17.9 Å². The zero-order valence-electron chi connectivity index (χ0n) is 14.5. The Morgan fingerprint density at radius 2 is 1.74 bits per heavy atom. The number of non-ortho nitro benzene ring substituents is 1.